The molecule has 114 valence electrons. The maximum Gasteiger partial charge on any atom is 0.328 e. The van der Waals surface area contributed by atoms with Gasteiger partial charge in [-0.1, -0.05) is 27.5 Å². The SMILES string of the molecule is CCNc1ncc2[nH]c(=O)n(Cc3cc(Br)ccc3Cl)c2n1. The van der Waals surface area contributed by atoms with Crippen LogP contribution in [0.2, 0.25) is 5.02 Å². The van der Waals surface area contributed by atoms with E-state index in [1.165, 1.54) is 0 Å². The van der Waals surface area contributed by atoms with E-state index in [2.05, 4.69) is 36.2 Å². The lowest BCUT2D eigenvalue weighted by molar-refractivity contribution is 0.777. The Bertz CT molecular complexity index is 889. The van der Waals surface area contributed by atoms with Crippen molar-refractivity contribution in [1.82, 2.24) is 19.5 Å². The van der Waals surface area contributed by atoms with Crippen molar-refractivity contribution in [3.8, 4) is 0 Å². The third kappa shape index (κ3) is 2.86. The van der Waals surface area contributed by atoms with Gasteiger partial charge in [-0.15, -0.1) is 0 Å². The summed E-state index contributed by atoms with van der Waals surface area (Å²) in [7, 11) is 0. The van der Waals surface area contributed by atoms with Crippen LogP contribution in [0.15, 0.2) is 33.7 Å². The third-order valence-electron chi connectivity index (χ3n) is 3.18. The number of anilines is 1. The van der Waals surface area contributed by atoms with Crippen molar-refractivity contribution in [2.24, 2.45) is 0 Å². The minimum atomic E-state index is -0.242. The van der Waals surface area contributed by atoms with Gasteiger partial charge < -0.3 is 10.3 Å². The van der Waals surface area contributed by atoms with Crippen molar-refractivity contribution >= 4 is 44.6 Å². The van der Waals surface area contributed by atoms with E-state index in [1.807, 2.05) is 19.1 Å². The van der Waals surface area contributed by atoms with Crippen molar-refractivity contribution < 1.29 is 0 Å². The van der Waals surface area contributed by atoms with E-state index >= 15 is 0 Å². The number of aromatic nitrogens is 4. The number of halogens is 2. The predicted molar refractivity (Wildman–Crippen MR) is 90.6 cm³/mol. The van der Waals surface area contributed by atoms with Crippen molar-refractivity contribution in [2.45, 2.75) is 13.5 Å². The highest BCUT2D eigenvalue weighted by Crippen LogP contribution is 2.22. The smallest absolute Gasteiger partial charge is 0.328 e. The number of nitrogens with zero attached hydrogens (tertiary/aromatic N) is 3. The first-order valence-corrected chi connectivity index (χ1v) is 7.89. The second-order valence-electron chi connectivity index (χ2n) is 4.71. The summed E-state index contributed by atoms with van der Waals surface area (Å²) in [5, 5.41) is 3.64. The Morgan fingerprint density at radius 2 is 2.27 bits per heavy atom. The Kier molecular flexibility index (Phi) is 4.17. The minimum absolute atomic E-state index is 0.242. The van der Waals surface area contributed by atoms with Crippen molar-refractivity contribution in [3.05, 3.63) is 49.9 Å². The quantitative estimate of drug-likeness (QED) is 0.727. The van der Waals surface area contributed by atoms with Gasteiger partial charge in [0, 0.05) is 16.0 Å². The molecule has 0 bridgehead atoms. The molecular weight excluding hydrogens is 370 g/mol. The fourth-order valence-corrected chi connectivity index (χ4v) is 2.76. The summed E-state index contributed by atoms with van der Waals surface area (Å²) in [5.41, 5.74) is 1.74. The molecule has 1 aromatic carbocycles. The maximum absolute atomic E-state index is 12.2. The number of aromatic amines is 1. The molecule has 0 saturated heterocycles. The van der Waals surface area contributed by atoms with Crippen LogP contribution in [0.5, 0.6) is 0 Å². The molecule has 0 fully saturated rings. The molecule has 0 aliphatic heterocycles. The topological polar surface area (TPSA) is 75.6 Å². The van der Waals surface area contributed by atoms with Crippen LogP contribution < -0.4 is 11.0 Å². The highest BCUT2D eigenvalue weighted by Gasteiger charge is 2.12. The number of rotatable bonds is 4. The number of nitrogens with one attached hydrogen (secondary N) is 2. The number of hydrogen-bond acceptors (Lipinski definition) is 4. The highest BCUT2D eigenvalue weighted by molar-refractivity contribution is 9.10. The predicted octanol–water partition coefficient (Wildman–Crippen LogP) is 3.02. The summed E-state index contributed by atoms with van der Waals surface area (Å²) in [6.07, 6.45) is 1.60. The van der Waals surface area contributed by atoms with Gasteiger partial charge in [0.05, 0.1) is 12.7 Å². The zero-order chi connectivity index (χ0) is 15.7. The average molecular weight is 383 g/mol. The first-order chi connectivity index (χ1) is 10.6. The largest absolute Gasteiger partial charge is 0.354 e. The molecule has 22 heavy (non-hydrogen) atoms. The van der Waals surface area contributed by atoms with Gasteiger partial charge in [-0.3, -0.25) is 4.57 Å². The zero-order valence-electron chi connectivity index (χ0n) is 11.7. The molecule has 3 rings (SSSR count). The summed E-state index contributed by atoms with van der Waals surface area (Å²) in [6.45, 7) is 3.00. The zero-order valence-corrected chi connectivity index (χ0v) is 14.1. The van der Waals surface area contributed by atoms with Crippen LogP contribution in [-0.4, -0.2) is 26.1 Å². The van der Waals surface area contributed by atoms with Crippen LogP contribution in [0.3, 0.4) is 0 Å². The molecule has 2 heterocycles. The lowest BCUT2D eigenvalue weighted by atomic mass is 10.2. The molecule has 0 unspecified atom stereocenters. The minimum Gasteiger partial charge on any atom is -0.354 e. The monoisotopic (exact) mass is 381 g/mol. The van der Waals surface area contributed by atoms with Crippen LogP contribution in [0, 0.1) is 0 Å². The maximum atomic E-state index is 12.2. The Morgan fingerprint density at radius 1 is 1.45 bits per heavy atom. The van der Waals surface area contributed by atoms with Crippen molar-refractivity contribution in [1.29, 1.82) is 0 Å². The van der Waals surface area contributed by atoms with E-state index in [4.69, 9.17) is 11.6 Å². The molecule has 0 atom stereocenters. The number of imidazole rings is 1. The van der Waals surface area contributed by atoms with Gasteiger partial charge in [-0.25, -0.2) is 9.78 Å². The van der Waals surface area contributed by atoms with Crippen LogP contribution in [-0.2, 0) is 6.54 Å². The third-order valence-corrected chi connectivity index (χ3v) is 4.04. The second kappa shape index (κ2) is 6.10. The Labute approximate surface area is 139 Å². The summed E-state index contributed by atoms with van der Waals surface area (Å²) < 4.78 is 2.45. The fraction of sp³-hybridized carbons (Fsp3) is 0.214. The van der Waals surface area contributed by atoms with Gasteiger partial charge in [0.2, 0.25) is 5.95 Å². The van der Waals surface area contributed by atoms with E-state index < -0.39 is 0 Å². The van der Waals surface area contributed by atoms with E-state index in [1.54, 1.807) is 16.8 Å². The Morgan fingerprint density at radius 3 is 3.05 bits per heavy atom. The first-order valence-electron chi connectivity index (χ1n) is 6.72. The number of fused-ring (bicyclic) bond motifs is 1. The number of benzene rings is 1. The van der Waals surface area contributed by atoms with Gasteiger partial charge in [-0.05, 0) is 30.7 Å². The van der Waals surface area contributed by atoms with E-state index in [0.29, 0.717) is 35.2 Å². The van der Waals surface area contributed by atoms with Crippen LogP contribution in [0.4, 0.5) is 5.95 Å². The summed E-state index contributed by atoms with van der Waals surface area (Å²) in [6, 6.07) is 5.54. The van der Waals surface area contributed by atoms with Crippen molar-refractivity contribution in [2.75, 3.05) is 11.9 Å². The van der Waals surface area contributed by atoms with Gasteiger partial charge in [-0.2, -0.15) is 4.98 Å². The number of hydrogen-bond donors (Lipinski definition) is 2. The van der Waals surface area contributed by atoms with E-state index in [0.717, 1.165) is 10.0 Å². The molecule has 0 amide bonds. The van der Waals surface area contributed by atoms with Gasteiger partial charge in [0.1, 0.15) is 5.52 Å². The molecule has 8 heteroatoms. The summed E-state index contributed by atoms with van der Waals surface area (Å²) >= 11 is 9.62. The lowest BCUT2D eigenvalue weighted by Gasteiger charge is -2.07. The summed E-state index contributed by atoms with van der Waals surface area (Å²) in [4.78, 5) is 23.5. The van der Waals surface area contributed by atoms with E-state index in [9.17, 15) is 4.79 Å². The molecule has 2 aromatic heterocycles. The highest BCUT2D eigenvalue weighted by atomic mass is 79.9. The normalized spacial score (nSPS) is 11.0. The molecule has 2 N–H and O–H groups in total. The summed E-state index contributed by atoms with van der Waals surface area (Å²) in [5.74, 6) is 0.489. The van der Waals surface area contributed by atoms with Gasteiger partial charge in [0.15, 0.2) is 5.65 Å². The van der Waals surface area contributed by atoms with Crippen LogP contribution in [0.25, 0.3) is 11.2 Å². The molecular formula is C14H13BrClN5O. The molecule has 0 radical (unpaired) electrons. The molecule has 0 aliphatic rings. The van der Waals surface area contributed by atoms with Gasteiger partial charge in [0.25, 0.3) is 0 Å². The fourth-order valence-electron chi connectivity index (χ4n) is 2.17. The van der Waals surface area contributed by atoms with E-state index in [-0.39, 0.29) is 5.69 Å². The first kappa shape index (κ1) is 15.1. The van der Waals surface area contributed by atoms with Crippen LogP contribution >= 0.6 is 27.5 Å². The molecule has 6 nitrogen and oxygen atoms in total. The molecule has 0 spiro atoms. The molecule has 0 aliphatic carbocycles. The molecule has 0 saturated carbocycles. The number of H-pyrrole nitrogens is 1. The Hall–Kier alpha value is -1.86. The lowest BCUT2D eigenvalue weighted by Crippen LogP contribution is -2.18. The average Bonchev–Trinajstić information content (AvgIpc) is 2.79. The van der Waals surface area contributed by atoms with Gasteiger partial charge >= 0.3 is 5.69 Å². The molecule has 3 aromatic rings. The standard InChI is InChI=1S/C14H13BrClN5O/c1-2-17-13-18-6-11-12(20-13)21(14(22)19-11)7-8-5-9(15)3-4-10(8)16/h3-6H,2,7H2,1H3,(H,19,22)(H,17,18,20). The Balaban J connectivity index is 2.09. The van der Waals surface area contributed by atoms with Crippen molar-refractivity contribution in [3.63, 3.8) is 0 Å². The van der Waals surface area contributed by atoms with Crippen LogP contribution in [0.1, 0.15) is 12.5 Å². The second-order valence-corrected chi connectivity index (χ2v) is 6.04.